The van der Waals surface area contributed by atoms with Gasteiger partial charge in [-0.3, -0.25) is 4.72 Å². The lowest BCUT2D eigenvalue weighted by Gasteiger charge is -2.11. The minimum Gasteiger partial charge on any atom is -0.398 e. The molecule has 0 bridgehead atoms. The highest BCUT2D eigenvalue weighted by atomic mass is 79.9. The molecule has 0 fully saturated rings. The summed E-state index contributed by atoms with van der Waals surface area (Å²) in [6.45, 7) is -1.64. The lowest BCUT2D eigenvalue weighted by atomic mass is 10.3. The van der Waals surface area contributed by atoms with Crippen LogP contribution in [0.5, 0.6) is 0 Å². The third-order valence-electron chi connectivity index (χ3n) is 1.72. The SMILES string of the molecule is Nc1ccc(NS(=O)(=O)NCC(F)(F)F)cc1Br. The maximum atomic E-state index is 11.9. The van der Waals surface area contributed by atoms with Crippen molar-refractivity contribution in [3.8, 4) is 0 Å². The fraction of sp³-hybridized carbons (Fsp3) is 0.250. The first-order valence-corrected chi connectivity index (χ1v) is 6.76. The van der Waals surface area contributed by atoms with Gasteiger partial charge in [0.1, 0.15) is 6.54 Å². The summed E-state index contributed by atoms with van der Waals surface area (Å²) in [6, 6.07) is 4.07. The van der Waals surface area contributed by atoms with E-state index < -0.39 is 22.9 Å². The Balaban J connectivity index is 2.74. The maximum absolute atomic E-state index is 11.9. The van der Waals surface area contributed by atoms with E-state index >= 15 is 0 Å². The number of hydrogen-bond acceptors (Lipinski definition) is 3. The van der Waals surface area contributed by atoms with Crippen LogP contribution in [0.25, 0.3) is 0 Å². The van der Waals surface area contributed by atoms with Crippen molar-refractivity contribution >= 4 is 37.5 Å². The van der Waals surface area contributed by atoms with Crippen LogP contribution in [0.15, 0.2) is 22.7 Å². The standard InChI is InChI=1S/C8H9BrF3N3O2S/c9-6-3-5(1-2-7(6)13)15-18(16,17)14-4-8(10,11)12/h1-3,14-15H,4,13H2. The van der Waals surface area contributed by atoms with Gasteiger partial charge in [-0.05, 0) is 34.1 Å². The Hall–Kier alpha value is -1.00. The first-order valence-electron chi connectivity index (χ1n) is 4.48. The minimum absolute atomic E-state index is 0.0887. The van der Waals surface area contributed by atoms with E-state index in [1.54, 1.807) is 0 Å². The Bertz CT molecular complexity index is 533. The molecule has 0 saturated carbocycles. The summed E-state index contributed by atoms with van der Waals surface area (Å²) in [5.41, 5.74) is 5.94. The third-order valence-corrected chi connectivity index (χ3v) is 3.43. The van der Waals surface area contributed by atoms with Crippen molar-refractivity contribution in [2.24, 2.45) is 0 Å². The highest BCUT2D eigenvalue weighted by Gasteiger charge is 2.29. The van der Waals surface area contributed by atoms with Gasteiger partial charge in [-0.2, -0.15) is 26.3 Å². The second-order valence-electron chi connectivity index (χ2n) is 3.28. The van der Waals surface area contributed by atoms with Crippen LogP contribution in [0.4, 0.5) is 24.5 Å². The van der Waals surface area contributed by atoms with Crippen molar-refractivity contribution in [3.63, 3.8) is 0 Å². The van der Waals surface area contributed by atoms with Gasteiger partial charge in [-0.1, -0.05) is 0 Å². The second-order valence-corrected chi connectivity index (χ2v) is 5.63. The molecule has 0 spiro atoms. The number of nitrogen functional groups attached to an aromatic ring is 1. The number of benzene rings is 1. The van der Waals surface area contributed by atoms with Crippen LogP contribution in [0, 0.1) is 0 Å². The molecule has 0 aliphatic carbocycles. The first-order chi connectivity index (χ1) is 8.09. The van der Waals surface area contributed by atoms with E-state index in [-0.39, 0.29) is 5.69 Å². The smallest absolute Gasteiger partial charge is 0.398 e. The monoisotopic (exact) mass is 347 g/mol. The van der Waals surface area contributed by atoms with Gasteiger partial charge in [-0.25, -0.2) is 0 Å². The van der Waals surface area contributed by atoms with Crippen LogP contribution in [-0.4, -0.2) is 21.1 Å². The molecule has 1 aromatic carbocycles. The quantitative estimate of drug-likeness (QED) is 0.726. The van der Waals surface area contributed by atoms with E-state index in [1.165, 1.54) is 22.9 Å². The highest BCUT2D eigenvalue weighted by Crippen LogP contribution is 2.23. The molecule has 18 heavy (non-hydrogen) atoms. The predicted molar refractivity (Wildman–Crippen MR) is 65.2 cm³/mol. The van der Waals surface area contributed by atoms with Crippen molar-refractivity contribution in [1.29, 1.82) is 0 Å². The molecule has 0 aromatic heterocycles. The normalized spacial score (nSPS) is 12.4. The van der Waals surface area contributed by atoms with Crippen molar-refractivity contribution in [2.75, 3.05) is 17.0 Å². The van der Waals surface area contributed by atoms with E-state index in [1.807, 2.05) is 4.72 Å². The van der Waals surface area contributed by atoms with Crippen LogP contribution in [0.2, 0.25) is 0 Å². The van der Waals surface area contributed by atoms with Gasteiger partial charge >= 0.3 is 6.18 Å². The van der Waals surface area contributed by atoms with Gasteiger partial charge in [0.2, 0.25) is 0 Å². The summed E-state index contributed by atoms with van der Waals surface area (Å²) in [7, 11) is -4.28. The van der Waals surface area contributed by atoms with Gasteiger partial charge in [0, 0.05) is 10.2 Å². The molecule has 0 radical (unpaired) electrons. The van der Waals surface area contributed by atoms with E-state index in [9.17, 15) is 21.6 Å². The molecule has 4 N–H and O–H groups in total. The molecule has 0 heterocycles. The van der Waals surface area contributed by atoms with Gasteiger partial charge in [-0.15, -0.1) is 0 Å². The number of anilines is 2. The van der Waals surface area contributed by atoms with E-state index in [0.717, 1.165) is 0 Å². The summed E-state index contributed by atoms with van der Waals surface area (Å²) in [5, 5.41) is 0. The van der Waals surface area contributed by atoms with Crippen molar-refractivity contribution in [1.82, 2.24) is 4.72 Å². The van der Waals surface area contributed by atoms with E-state index in [2.05, 4.69) is 15.9 Å². The number of halogens is 4. The molecule has 10 heteroatoms. The molecule has 0 saturated heterocycles. The zero-order valence-electron chi connectivity index (χ0n) is 8.75. The largest absolute Gasteiger partial charge is 0.402 e. The molecular weight excluding hydrogens is 339 g/mol. The van der Waals surface area contributed by atoms with Gasteiger partial charge < -0.3 is 5.73 Å². The number of nitrogens with one attached hydrogen (secondary N) is 2. The van der Waals surface area contributed by atoms with Gasteiger partial charge in [0.15, 0.2) is 0 Å². The Kier molecular flexibility index (Phi) is 4.46. The molecule has 0 amide bonds. The van der Waals surface area contributed by atoms with Crippen molar-refractivity contribution < 1.29 is 21.6 Å². The Morgan fingerprint density at radius 2 is 1.94 bits per heavy atom. The number of hydrogen-bond donors (Lipinski definition) is 3. The molecular formula is C8H9BrF3N3O2S. The summed E-state index contributed by atoms with van der Waals surface area (Å²) in [4.78, 5) is 0. The average Bonchev–Trinajstić information content (AvgIpc) is 2.20. The van der Waals surface area contributed by atoms with Crippen LogP contribution in [-0.2, 0) is 10.2 Å². The van der Waals surface area contributed by atoms with Gasteiger partial charge in [0.25, 0.3) is 10.2 Å². The zero-order valence-corrected chi connectivity index (χ0v) is 11.2. The van der Waals surface area contributed by atoms with Crippen LogP contribution in [0.3, 0.4) is 0 Å². The van der Waals surface area contributed by atoms with E-state index in [4.69, 9.17) is 5.73 Å². The Morgan fingerprint density at radius 3 is 2.44 bits per heavy atom. The molecule has 0 unspecified atom stereocenters. The molecule has 0 aliphatic heterocycles. The fourth-order valence-electron chi connectivity index (χ4n) is 0.959. The fourth-order valence-corrected chi connectivity index (χ4v) is 2.20. The lowest BCUT2D eigenvalue weighted by molar-refractivity contribution is -0.121. The van der Waals surface area contributed by atoms with Crippen molar-refractivity contribution in [2.45, 2.75) is 6.18 Å². The Morgan fingerprint density at radius 1 is 1.33 bits per heavy atom. The first kappa shape index (κ1) is 15.1. The topological polar surface area (TPSA) is 84.2 Å². The molecule has 0 atom stereocenters. The van der Waals surface area contributed by atoms with E-state index in [0.29, 0.717) is 10.2 Å². The molecule has 0 aliphatic rings. The predicted octanol–water partition coefficient (Wildman–Crippen LogP) is 1.84. The van der Waals surface area contributed by atoms with Crippen LogP contribution >= 0.6 is 15.9 Å². The van der Waals surface area contributed by atoms with Crippen LogP contribution in [0.1, 0.15) is 0 Å². The molecule has 1 aromatic rings. The summed E-state index contributed by atoms with van der Waals surface area (Å²) < 4.78 is 61.9. The number of alkyl halides is 3. The van der Waals surface area contributed by atoms with Crippen LogP contribution < -0.4 is 15.2 Å². The summed E-state index contributed by atoms with van der Waals surface area (Å²) in [6.07, 6.45) is -4.61. The molecule has 5 nitrogen and oxygen atoms in total. The number of rotatable bonds is 4. The minimum atomic E-state index is -4.61. The second kappa shape index (κ2) is 5.33. The zero-order chi connectivity index (χ0) is 14.0. The van der Waals surface area contributed by atoms with Gasteiger partial charge in [0.05, 0.1) is 5.69 Å². The third kappa shape index (κ3) is 5.10. The Labute approximate surface area is 110 Å². The number of nitrogens with two attached hydrogens (primary N) is 1. The molecule has 102 valence electrons. The highest BCUT2D eigenvalue weighted by molar-refractivity contribution is 9.10. The summed E-state index contributed by atoms with van der Waals surface area (Å²) in [5.74, 6) is 0. The summed E-state index contributed by atoms with van der Waals surface area (Å²) >= 11 is 3.06. The lowest BCUT2D eigenvalue weighted by Crippen LogP contribution is -2.37. The maximum Gasteiger partial charge on any atom is 0.402 e. The molecule has 1 rings (SSSR count). The van der Waals surface area contributed by atoms with Crippen molar-refractivity contribution in [3.05, 3.63) is 22.7 Å². The average molecular weight is 348 g/mol.